The summed E-state index contributed by atoms with van der Waals surface area (Å²) >= 11 is 0. The number of hydrogen-bond acceptors (Lipinski definition) is 2. The summed E-state index contributed by atoms with van der Waals surface area (Å²) in [5.41, 5.74) is 5.81. The summed E-state index contributed by atoms with van der Waals surface area (Å²) in [6.07, 6.45) is 0. The van der Waals surface area contributed by atoms with E-state index in [4.69, 9.17) is 5.73 Å². The van der Waals surface area contributed by atoms with Gasteiger partial charge in [0.2, 0.25) is 11.6 Å². The summed E-state index contributed by atoms with van der Waals surface area (Å²) in [4.78, 5) is 0. The van der Waals surface area contributed by atoms with Gasteiger partial charge in [0, 0.05) is 18.2 Å². The molecule has 0 spiro atoms. The molecule has 0 aromatic heterocycles. The highest BCUT2D eigenvalue weighted by Gasteiger charge is 2.21. The monoisotopic (exact) mass is 303 g/mol. The van der Waals surface area contributed by atoms with Crippen molar-refractivity contribution in [2.45, 2.75) is 13.2 Å². The molecule has 2 rings (SSSR count). The molecule has 0 aliphatic heterocycles. The molecular formula is C14H10F5NO. The van der Waals surface area contributed by atoms with E-state index in [1.165, 1.54) is 12.1 Å². The van der Waals surface area contributed by atoms with Gasteiger partial charge in [-0.15, -0.1) is 0 Å². The maximum absolute atomic E-state index is 13.6. The van der Waals surface area contributed by atoms with Gasteiger partial charge in [-0.3, -0.25) is 0 Å². The molecule has 112 valence electrons. The third-order valence-electron chi connectivity index (χ3n) is 2.80. The average molecular weight is 303 g/mol. The van der Waals surface area contributed by atoms with Crippen molar-refractivity contribution >= 4 is 0 Å². The molecule has 0 saturated carbocycles. The van der Waals surface area contributed by atoms with Crippen LogP contribution in [-0.2, 0) is 13.2 Å². The van der Waals surface area contributed by atoms with Crippen LogP contribution < -0.4 is 10.5 Å². The van der Waals surface area contributed by atoms with Gasteiger partial charge in [0.25, 0.3) is 0 Å². The van der Waals surface area contributed by atoms with Crippen LogP contribution in [0.15, 0.2) is 24.3 Å². The third kappa shape index (κ3) is 3.13. The Balaban J connectivity index is 2.25. The first-order valence-electron chi connectivity index (χ1n) is 5.87. The van der Waals surface area contributed by atoms with Crippen molar-refractivity contribution in [2.75, 3.05) is 0 Å². The van der Waals surface area contributed by atoms with Gasteiger partial charge in [-0.1, -0.05) is 12.1 Å². The molecule has 0 fully saturated rings. The van der Waals surface area contributed by atoms with Crippen LogP contribution in [0.4, 0.5) is 22.0 Å². The zero-order valence-electron chi connectivity index (χ0n) is 10.6. The van der Waals surface area contributed by atoms with Gasteiger partial charge in [0.15, 0.2) is 17.4 Å². The number of nitrogens with two attached hydrogens (primary N) is 1. The van der Waals surface area contributed by atoms with E-state index in [0.717, 1.165) is 6.07 Å². The summed E-state index contributed by atoms with van der Waals surface area (Å²) in [6, 6.07) is 4.01. The molecule has 0 unspecified atom stereocenters. The van der Waals surface area contributed by atoms with E-state index < -0.39 is 41.4 Å². The van der Waals surface area contributed by atoms with E-state index in [9.17, 15) is 22.0 Å². The van der Waals surface area contributed by atoms with Crippen LogP contribution in [0.1, 0.15) is 11.1 Å². The van der Waals surface area contributed by atoms with E-state index in [-0.39, 0.29) is 18.2 Å². The lowest BCUT2D eigenvalue weighted by Crippen LogP contribution is -2.06. The van der Waals surface area contributed by atoms with Crippen LogP contribution >= 0.6 is 0 Å². The lowest BCUT2D eigenvalue weighted by Gasteiger charge is -2.10. The molecule has 0 heterocycles. The quantitative estimate of drug-likeness (QED) is 0.694. The number of rotatable bonds is 4. The Labute approximate surface area is 116 Å². The average Bonchev–Trinajstić information content (AvgIpc) is 2.46. The van der Waals surface area contributed by atoms with Gasteiger partial charge in [-0.2, -0.15) is 8.78 Å². The fourth-order valence-electron chi connectivity index (χ4n) is 1.66. The lowest BCUT2D eigenvalue weighted by atomic mass is 10.1. The Morgan fingerprint density at radius 2 is 1.48 bits per heavy atom. The van der Waals surface area contributed by atoms with Crippen molar-refractivity contribution in [1.29, 1.82) is 0 Å². The van der Waals surface area contributed by atoms with Gasteiger partial charge >= 0.3 is 0 Å². The van der Waals surface area contributed by atoms with Crippen molar-refractivity contribution in [3.63, 3.8) is 0 Å². The Hall–Kier alpha value is -2.15. The van der Waals surface area contributed by atoms with Crippen LogP contribution in [0.2, 0.25) is 0 Å². The fourth-order valence-corrected chi connectivity index (χ4v) is 1.66. The standard InChI is InChI=1S/C14H10F5NO/c15-9-3-7(5-20)1-2-8(9)6-21-14-12(18)10(16)4-11(17)13(14)19/h1-4H,5-6,20H2. The third-order valence-corrected chi connectivity index (χ3v) is 2.80. The topological polar surface area (TPSA) is 35.2 Å². The normalized spacial score (nSPS) is 10.8. The summed E-state index contributed by atoms with van der Waals surface area (Å²) in [5, 5.41) is 0. The molecule has 7 heteroatoms. The first-order valence-corrected chi connectivity index (χ1v) is 5.87. The van der Waals surface area contributed by atoms with E-state index in [2.05, 4.69) is 4.74 Å². The summed E-state index contributed by atoms with van der Waals surface area (Å²) < 4.78 is 70.9. The fraction of sp³-hybridized carbons (Fsp3) is 0.143. The summed E-state index contributed by atoms with van der Waals surface area (Å²) in [6.45, 7) is -0.468. The largest absolute Gasteiger partial charge is 0.483 e. The van der Waals surface area contributed by atoms with Crippen molar-refractivity contribution in [3.05, 3.63) is 64.5 Å². The van der Waals surface area contributed by atoms with Crippen molar-refractivity contribution in [3.8, 4) is 5.75 Å². The van der Waals surface area contributed by atoms with Crippen molar-refractivity contribution in [2.24, 2.45) is 5.73 Å². The smallest absolute Gasteiger partial charge is 0.203 e. The molecule has 0 saturated heterocycles. The predicted octanol–water partition coefficient (Wildman–Crippen LogP) is 3.42. The molecule has 0 bridgehead atoms. The molecule has 2 aromatic carbocycles. The Morgan fingerprint density at radius 1 is 0.857 bits per heavy atom. The molecule has 2 N–H and O–H groups in total. The van der Waals surface area contributed by atoms with E-state index in [1.54, 1.807) is 0 Å². The van der Waals surface area contributed by atoms with Crippen LogP contribution in [0.5, 0.6) is 5.75 Å². The van der Waals surface area contributed by atoms with Gasteiger partial charge in [-0.05, 0) is 11.6 Å². The number of hydrogen-bond donors (Lipinski definition) is 1. The maximum Gasteiger partial charge on any atom is 0.203 e. The van der Waals surface area contributed by atoms with Crippen molar-refractivity contribution < 1.29 is 26.7 Å². The Morgan fingerprint density at radius 3 is 2.00 bits per heavy atom. The molecule has 2 aromatic rings. The minimum absolute atomic E-state index is 0.0318. The van der Waals surface area contributed by atoms with E-state index in [1.807, 2.05) is 0 Å². The molecule has 2 nitrogen and oxygen atoms in total. The molecule has 21 heavy (non-hydrogen) atoms. The van der Waals surface area contributed by atoms with E-state index >= 15 is 0 Å². The lowest BCUT2D eigenvalue weighted by molar-refractivity contribution is 0.257. The van der Waals surface area contributed by atoms with Crippen LogP contribution in [0.3, 0.4) is 0 Å². The molecule has 0 aliphatic carbocycles. The minimum atomic E-state index is -1.67. The number of benzene rings is 2. The minimum Gasteiger partial charge on any atom is -0.483 e. The first-order chi connectivity index (χ1) is 9.93. The zero-order valence-corrected chi connectivity index (χ0v) is 10.6. The van der Waals surface area contributed by atoms with Gasteiger partial charge in [-0.25, -0.2) is 13.2 Å². The summed E-state index contributed by atoms with van der Waals surface area (Å²) in [5.74, 6) is -8.46. The molecule has 0 radical (unpaired) electrons. The molecule has 0 aliphatic rings. The molecule has 0 amide bonds. The number of halogens is 5. The molecule has 0 atom stereocenters. The van der Waals surface area contributed by atoms with E-state index in [0.29, 0.717) is 5.56 Å². The predicted molar refractivity (Wildman–Crippen MR) is 64.9 cm³/mol. The van der Waals surface area contributed by atoms with Crippen LogP contribution in [0, 0.1) is 29.1 Å². The SMILES string of the molecule is NCc1ccc(COc2c(F)c(F)cc(F)c2F)c(F)c1. The second-order valence-corrected chi connectivity index (χ2v) is 4.22. The zero-order chi connectivity index (χ0) is 15.6. The highest BCUT2D eigenvalue weighted by molar-refractivity contribution is 5.30. The molecular weight excluding hydrogens is 293 g/mol. The van der Waals surface area contributed by atoms with Crippen LogP contribution in [0.25, 0.3) is 0 Å². The summed E-state index contributed by atoms with van der Waals surface area (Å²) in [7, 11) is 0. The Kier molecular flexibility index (Phi) is 4.42. The number of ether oxygens (including phenoxy) is 1. The Bertz CT molecular complexity index is 649. The second-order valence-electron chi connectivity index (χ2n) is 4.22. The van der Waals surface area contributed by atoms with Gasteiger partial charge in [0.05, 0.1) is 0 Å². The van der Waals surface area contributed by atoms with Crippen molar-refractivity contribution in [1.82, 2.24) is 0 Å². The highest BCUT2D eigenvalue weighted by atomic mass is 19.2. The maximum atomic E-state index is 13.6. The van der Waals surface area contributed by atoms with Crippen LogP contribution in [-0.4, -0.2) is 0 Å². The van der Waals surface area contributed by atoms with Gasteiger partial charge in [0.1, 0.15) is 12.4 Å². The first kappa shape index (κ1) is 15.2. The second kappa shape index (κ2) is 6.09. The van der Waals surface area contributed by atoms with Gasteiger partial charge < -0.3 is 10.5 Å². The highest BCUT2D eigenvalue weighted by Crippen LogP contribution is 2.27.